The monoisotopic (exact) mass is 152 g/mol. The van der Waals surface area contributed by atoms with Gasteiger partial charge >= 0.3 is 0 Å². The van der Waals surface area contributed by atoms with Crippen molar-refractivity contribution < 1.29 is 5.11 Å². The third-order valence-corrected chi connectivity index (χ3v) is 1.49. The Morgan fingerprint density at radius 3 is 2.91 bits per heavy atom. The third kappa shape index (κ3) is 2.27. The molecular weight excluding hydrogens is 140 g/mol. The summed E-state index contributed by atoms with van der Waals surface area (Å²) in [5, 5.41) is 9.42. The van der Waals surface area contributed by atoms with Gasteiger partial charge in [-0.25, -0.2) is 0 Å². The van der Waals surface area contributed by atoms with Crippen LogP contribution < -0.4 is 0 Å². The van der Waals surface area contributed by atoms with Crippen LogP contribution in [0.25, 0.3) is 0 Å². The van der Waals surface area contributed by atoms with E-state index in [9.17, 15) is 5.11 Å². The highest BCUT2D eigenvalue weighted by Gasteiger charge is 2.05. The Morgan fingerprint density at radius 1 is 1.55 bits per heavy atom. The number of nitrogens with zero attached hydrogens (tertiary/aromatic N) is 2. The lowest BCUT2D eigenvalue weighted by molar-refractivity contribution is 0.161. The van der Waals surface area contributed by atoms with Crippen LogP contribution in [0, 0.1) is 0 Å². The molecule has 0 bridgehead atoms. The fourth-order valence-corrected chi connectivity index (χ4v) is 0.904. The highest BCUT2D eigenvalue weighted by Crippen LogP contribution is 2.13. The van der Waals surface area contributed by atoms with Crippen LogP contribution in [0.1, 0.15) is 31.6 Å². The highest BCUT2D eigenvalue weighted by atomic mass is 16.3. The standard InChI is InChI=1S/C8H12N2O/c1-2-3-8(11)7-6-9-4-5-10-7/h4-6,8,11H,2-3H2,1H3/t8-/m0/s1. The maximum Gasteiger partial charge on any atom is 0.0975 e. The molecule has 0 saturated heterocycles. The Balaban J connectivity index is 2.61. The summed E-state index contributed by atoms with van der Waals surface area (Å²) in [7, 11) is 0. The number of aliphatic hydroxyl groups is 1. The molecule has 1 heterocycles. The molecular formula is C8H12N2O. The molecule has 0 spiro atoms. The van der Waals surface area contributed by atoms with Crippen LogP contribution in [-0.2, 0) is 0 Å². The fraction of sp³-hybridized carbons (Fsp3) is 0.500. The van der Waals surface area contributed by atoms with Gasteiger partial charge in [0, 0.05) is 12.4 Å². The van der Waals surface area contributed by atoms with E-state index in [1.807, 2.05) is 6.92 Å². The van der Waals surface area contributed by atoms with Gasteiger partial charge in [0.05, 0.1) is 18.0 Å². The normalized spacial score (nSPS) is 12.9. The molecule has 0 aliphatic heterocycles. The van der Waals surface area contributed by atoms with Crippen LogP contribution in [0.15, 0.2) is 18.6 Å². The largest absolute Gasteiger partial charge is 0.387 e. The van der Waals surface area contributed by atoms with Crippen LogP contribution in [0.2, 0.25) is 0 Å². The molecule has 0 amide bonds. The lowest BCUT2D eigenvalue weighted by atomic mass is 10.1. The minimum Gasteiger partial charge on any atom is -0.387 e. The molecule has 0 saturated carbocycles. The smallest absolute Gasteiger partial charge is 0.0975 e. The van der Waals surface area contributed by atoms with Crippen LogP contribution in [-0.4, -0.2) is 15.1 Å². The van der Waals surface area contributed by atoms with E-state index in [0.29, 0.717) is 5.69 Å². The molecule has 3 heteroatoms. The van der Waals surface area contributed by atoms with Crippen molar-refractivity contribution >= 4 is 0 Å². The van der Waals surface area contributed by atoms with Crippen molar-refractivity contribution in [3.8, 4) is 0 Å². The predicted octanol–water partition coefficient (Wildman–Crippen LogP) is 1.31. The number of aromatic nitrogens is 2. The highest BCUT2D eigenvalue weighted by molar-refractivity contribution is 4.98. The lowest BCUT2D eigenvalue weighted by Crippen LogP contribution is -1.99. The van der Waals surface area contributed by atoms with Crippen LogP contribution >= 0.6 is 0 Å². The van der Waals surface area contributed by atoms with E-state index in [1.54, 1.807) is 18.6 Å². The molecule has 1 aromatic heterocycles. The Morgan fingerprint density at radius 2 is 2.36 bits per heavy atom. The van der Waals surface area contributed by atoms with Crippen molar-refractivity contribution in [2.75, 3.05) is 0 Å². The second-order valence-electron chi connectivity index (χ2n) is 2.43. The number of rotatable bonds is 3. The number of hydrogen-bond donors (Lipinski definition) is 1. The lowest BCUT2D eigenvalue weighted by Gasteiger charge is -2.06. The second kappa shape index (κ2) is 4.03. The van der Waals surface area contributed by atoms with Crippen LogP contribution in [0.3, 0.4) is 0 Å². The maximum atomic E-state index is 9.42. The average molecular weight is 152 g/mol. The Hall–Kier alpha value is -0.960. The van der Waals surface area contributed by atoms with Crippen molar-refractivity contribution in [3.05, 3.63) is 24.3 Å². The summed E-state index contributed by atoms with van der Waals surface area (Å²) in [6, 6.07) is 0. The van der Waals surface area contributed by atoms with Gasteiger partial charge in [0.1, 0.15) is 0 Å². The summed E-state index contributed by atoms with van der Waals surface area (Å²) in [6.45, 7) is 2.03. The molecule has 0 aliphatic rings. The van der Waals surface area contributed by atoms with Gasteiger partial charge in [-0.2, -0.15) is 0 Å². The second-order valence-corrected chi connectivity index (χ2v) is 2.43. The quantitative estimate of drug-likeness (QED) is 0.710. The zero-order valence-electron chi connectivity index (χ0n) is 6.57. The van der Waals surface area contributed by atoms with Crippen molar-refractivity contribution in [2.24, 2.45) is 0 Å². The summed E-state index contributed by atoms with van der Waals surface area (Å²) >= 11 is 0. The van der Waals surface area contributed by atoms with Gasteiger partial charge < -0.3 is 5.11 Å². The van der Waals surface area contributed by atoms with E-state index in [-0.39, 0.29) is 0 Å². The maximum absolute atomic E-state index is 9.42. The van der Waals surface area contributed by atoms with Crippen LogP contribution in [0.5, 0.6) is 0 Å². The minimum atomic E-state index is -0.450. The van der Waals surface area contributed by atoms with E-state index >= 15 is 0 Å². The summed E-state index contributed by atoms with van der Waals surface area (Å²) < 4.78 is 0. The summed E-state index contributed by atoms with van der Waals surface area (Å²) in [6.07, 6.45) is 6.04. The summed E-state index contributed by atoms with van der Waals surface area (Å²) in [4.78, 5) is 7.85. The summed E-state index contributed by atoms with van der Waals surface area (Å²) in [5.41, 5.74) is 0.661. The fourth-order valence-electron chi connectivity index (χ4n) is 0.904. The van der Waals surface area contributed by atoms with E-state index in [2.05, 4.69) is 9.97 Å². The molecule has 0 radical (unpaired) electrons. The molecule has 1 rings (SSSR count). The first kappa shape index (κ1) is 8.14. The number of hydrogen-bond acceptors (Lipinski definition) is 3. The molecule has 0 aliphatic carbocycles. The van der Waals surface area contributed by atoms with E-state index < -0.39 is 6.10 Å². The Bertz CT molecular complexity index is 201. The Kier molecular flexibility index (Phi) is 2.98. The average Bonchev–Trinajstić information content (AvgIpc) is 2.07. The topological polar surface area (TPSA) is 46.0 Å². The van der Waals surface area contributed by atoms with Crippen molar-refractivity contribution in [1.29, 1.82) is 0 Å². The van der Waals surface area contributed by atoms with E-state index in [1.165, 1.54) is 0 Å². The molecule has 1 aromatic rings. The van der Waals surface area contributed by atoms with Gasteiger partial charge in [-0.1, -0.05) is 13.3 Å². The van der Waals surface area contributed by atoms with Crippen molar-refractivity contribution in [1.82, 2.24) is 9.97 Å². The van der Waals surface area contributed by atoms with Gasteiger partial charge in [-0.05, 0) is 6.42 Å². The Labute approximate surface area is 66.1 Å². The van der Waals surface area contributed by atoms with Gasteiger partial charge in [0.25, 0.3) is 0 Å². The predicted molar refractivity (Wildman–Crippen MR) is 41.9 cm³/mol. The zero-order chi connectivity index (χ0) is 8.10. The molecule has 11 heavy (non-hydrogen) atoms. The molecule has 3 nitrogen and oxygen atoms in total. The first-order valence-corrected chi connectivity index (χ1v) is 3.78. The van der Waals surface area contributed by atoms with Gasteiger partial charge in [0.15, 0.2) is 0 Å². The zero-order valence-corrected chi connectivity index (χ0v) is 6.57. The van der Waals surface area contributed by atoms with Gasteiger partial charge in [-0.15, -0.1) is 0 Å². The first-order chi connectivity index (χ1) is 5.34. The van der Waals surface area contributed by atoms with E-state index in [0.717, 1.165) is 12.8 Å². The summed E-state index contributed by atoms with van der Waals surface area (Å²) in [5.74, 6) is 0. The molecule has 0 aromatic carbocycles. The SMILES string of the molecule is CCC[C@H](O)c1cnccn1. The third-order valence-electron chi connectivity index (χ3n) is 1.49. The molecule has 1 atom stereocenters. The number of aliphatic hydroxyl groups excluding tert-OH is 1. The molecule has 0 unspecified atom stereocenters. The molecule has 60 valence electrons. The van der Waals surface area contributed by atoms with Crippen molar-refractivity contribution in [2.45, 2.75) is 25.9 Å². The van der Waals surface area contributed by atoms with Crippen LogP contribution in [0.4, 0.5) is 0 Å². The van der Waals surface area contributed by atoms with Crippen molar-refractivity contribution in [3.63, 3.8) is 0 Å². The first-order valence-electron chi connectivity index (χ1n) is 3.78. The van der Waals surface area contributed by atoms with Gasteiger partial charge in [0.2, 0.25) is 0 Å². The molecule has 1 N–H and O–H groups in total. The molecule has 0 fully saturated rings. The van der Waals surface area contributed by atoms with E-state index in [4.69, 9.17) is 0 Å². The van der Waals surface area contributed by atoms with Gasteiger partial charge in [-0.3, -0.25) is 9.97 Å². The minimum absolute atomic E-state index is 0.450.